The topological polar surface area (TPSA) is 430 Å². The number of methoxy groups -OCH3 is 2. The normalized spacial score (nSPS) is 18.8. The molecule has 0 saturated carbocycles. The zero-order valence-electron chi connectivity index (χ0n) is 85.2. The Kier molecular flexibility index (Phi) is 40.5. The van der Waals surface area contributed by atoms with E-state index >= 15 is 0 Å². The predicted octanol–water partition coefficient (Wildman–Crippen LogP) is 10.6. The van der Waals surface area contributed by atoms with Crippen LogP contribution in [0.25, 0.3) is 0 Å². The molecule has 4 aromatic carbocycles. The minimum atomic E-state index is -0.931. The SMILES string of the molecule is C=C1C[C@H]2CN(C(=O)CCC(=O)[C@@H](NC(=O)CCOCCOCCNC(=O)CN3C(=O)/C=C/SCS/C=C/C(=O)N3CC(=O)NCCOCCOCCC(=O)N[C@H](C(=O)CCC(=O)N3C[C@@H]4CC(=C)CN4C(=O)c4cc(OC)c(OCCCCCOc5cc6c(cc5C)C(=O)N5CC(=C)C[C@H]5C=N6)cc43)C(C)C)C(C)C)c3cc(OCCCCCOc4cc5c(cc4C)C(=O)N4CC(=C)C[C@H]4C=N5)c(OC)cc3C(=O)N2C1. The van der Waals surface area contributed by atoms with Crippen molar-refractivity contribution in [1.29, 1.82) is 0 Å². The summed E-state index contributed by atoms with van der Waals surface area (Å²) < 4.78 is 59.2. The number of nitrogens with zero attached hydrogens (tertiary/aromatic N) is 10. The molecule has 6 atom stereocenters. The van der Waals surface area contributed by atoms with Crippen LogP contribution in [0, 0.1) is 25.7 Å². The van der Waals surface area contributed by atoms with Crippen molar-refractivity contribution in [3.8, 4) is 34.5 Å². The Morgan fingerprint density at radius 3 is 1.14 bits per heavy atom. The van der Waals surface area contributed by atoms with Crippen LogP contribution in [0.4, 0.5) is 22.7 Å². The van der Waals surface area contributed by atoms with Crippen LogP contribution >= 0.6 is 23.5 Å². The van der Waals surface area contributed by atoms with E-state index in [1.165, 1.54) is 70.5 Å². The number of carbonyl (C=O) groups excluding carboxylic acids is 14. The fourth-order valence-electron chi connectivity index (χ4n) is 18.8. The second-order valence-electron chi connectivity index (χ2n) is 38.4. The minimum Gasteiger partial charge on any atom is -0.493 e. The lowest BCUT2D eigenvalue weighted by molar-refractivity contribution is -0.162. The highest BCUT2D eigenvalue weighted by molar-refractivity contribution is 8.18. The van der Waals surface area contributed by atoms with Gasteiger partial charge in [-0.15, -0.1) is 23.5 Å². The number of unbranched alkanes of at least 4 members (excludes halogenated alkanes) is 4. The Balaban J connectivity index is 0.485. The number of Topliss-reactive ketones (excluding diaryl/α,β-unsaturated/α-hetero) is 2. The number of fused-ring (bicyclic) bond motifs is 8. The fourth-order valence-corrected chi connectivity index (χ4v) is 20.2. The van der Waals surface area contributed by atoms with Gasteiger partial charge in [-0.25, -0.2) is 10.0 Å². The molecular formula is C107H136N14O24S2. The lowest BCUT2D eigenvalue weighted by Gasteiger charge is -2.32. The number of ether oxygens (including phenoxy) is 10. The summed E-state index contributed by atoms with van der Waals surface area (Å²) >= 11 is 2.57. The molecule has 9 aliphatic rings. The molecule has 13 rings (SSSR count). The standard InChI is InChI=1S/C107H136N14O24S2/c1-66(2)102(86(122)19-21-98(128)118-61-76-45-70(7)59-116(76)106(134)80-49-90(136-11)92(53-84(80)118)144-31-17-13-15-29-142-88-51-82-78(47-72(88)9)104(132)114-57-68(5)43-74(114)55-110-82)112-94(124)23-33-138-37-39-140-35-27-108-96(126)63-120-100(130)25-41-146-65-147-42-26-101(131)121(120)64-97(127)109-28-36-141-40-38-139-34-24-95(125)113-103(67(3)4)87(123)20-22-99(129)119-62-77-46-71(8)60-117(77)107(135)81-50-91(137-12)93(54-85(81)119)145-32-18-14-16-30-143-89-52-83-79(48-73(89)10)105(133)115-58-69(6)44-75(115)56-111-83/h25-26,41-42,47-56,66-67,74-77,102-103H,5-8,13-24,27-40,43-46,57-65H2,1-4,9-12H3,(H,108,126)(H,109,127)(H,112,124)(H,113,125)/b41-25+,42-26+/t74-,75-,76-,77-,102-,103-/m0/s1. The van der Waals surface area contributed by atoms with Crippen molar-refractivity contribution in [2.45, 2.75) is 181 Å². The minimum absolute atomic E-state index is 0.00706. The number of carbonyl (C=O) groups is 14. The predicted molar refractivity (Wildman–Crippen MR) is 556 cm³/mol. The number of benzene rings is 4. The number of hydrogen-bond donors (Lipinski definition) is 4. The first-order valence-electron chi connectivity index (χ1n) is 50.3. The van der Waals surface area contributed by atoms with Crippen molar-refractivity contribution in [1.82, 2.24) is 50.9 Å². The molecule has 0 radical (unpaired) electrons. The van der Waals surface area contributed by atoms with Gasteiger partial charge in [0.05, 0.1) is 175 Å². The van der Waals surface area contributed by atoms with Crippen LogP contribution in [0.1, 0.15) is 183 Å². The molecule has 4 fully saturated rings. The average Bonchev–Trinajstić information content (AvgIpc) is 1.63. The molecule has 38 nitrogen and oxygen atoms in total. The first-order chi connectivity index (χ1) is 70.7. The van der Waals surface area contributed by atoms with Crippen molar-refractivity contribution >= 4 is 141 Å². The van der Waals surface area contributed by atoms with E-state index in [9.17, 15) is 67.1 Å². The van der Waals surface area contributed by atoms with Crippen LogP contribution in [0.3, 0.4) is 0 Å². The van der Waals surface area contributed by atoms with E-state index in [4.69, 9.17) is 47.4 Å². The van der Waals surface area contributed by atoms with E-state index in [1.54, 1.807) is 71.6 Å². The number of nitrogens with one attached hydrogen (secondary N) is 4. The lowest BCUT2D eigenvalue weighted by atomic mass is 9.96. The summed E-state index contributed by atoms with van der Waals surface area (Å²) in [5.41, 5.74) is 8.71. The van der Waals surface area contributed by atoms with Gasteiger partial charge in [0, 0.05) is 145 Å². The van der Waals surface area contributed by atoms with Gasteiger partial charge in [0.1, 0.15) is 24.6 Å². The van der Waals surface area contributed by atoms with Gasteiger partial charge in [0.15, 0.2) is 34.6 Å². The molecule has 147 heavy (non-hydrogen) atoms. The van der Waals surface area contributed by atoms with Crippen molar-refractivity contribution in [3.05, 3.63) is 153 Å². The van der Waals surface area contributed by atoms with Crippen LogP contribution in [-0.2, 0) is 66.9 Å². The quantitative estimate of drug-likeness (QED) is 0.0236. The molecule has 9 aliphatic heterocycles. The van der Waals surface area contributed by atoms with Crippen LogP contribution in [-0.4, -0.2) is 325 Å². The highest BCUT2D eigenvalue weighted by atomic mass is 32.2. The van der Waals surface area contributed by atoms with Crippen LogP contribution in [0.5, 0.6) is 34.5 Å². The highest BCUT2D eigenvalue weighted by Gasteiger charge is 2.45. The van der Waals surface area contributed by atoms with Crippen LogP contribution < -0.4 is 59.5 Å². The molecule has 4 N–H and O–H groups in total. The van der Waals surface area contributed by atoms with E-state index in [0.29, 0.717) is 164 Å². The third-order valence-corrected chi connectivity index (χ3v) is 28.3. The van der Waals surface area contributed by atoms with E-state index in [-0.39, 0.29) is 213 Å². The van der Waals surface area contributed by atoms with Crippen molar-refractivity contribution in [2.24, 2.45) is 21.8 Å². The Labute approximate surface area is 865 Å². The van der Waals surface area contributed by atoms with Gasteiger partial charge >= 0.3 is 0 Å². The summed E-state index contributed by atoms with van der Waals surface area (Å²) in [6.45, 7) is 29.6. The average molecular weight is 2070 g/mol. The van der Waals surface area contributed by atoms with E-state index in [2.05, 4.69) is 57.6 Å². The second kappa shape index (κ2) is 53.5. The third-order valence-electron chi connectivity index (χ3n) is 26.6. The maximum atomic E-state index is 14.5. The number of thioether (sulfide) groups is 2. The lowest BCUT2D eigenvalue weighted by Crippen LogP contribution is -2.55. The molecule has 4 aromatic rings. The molecule has 0 aliphatic carbocycles. The Hall–Kier alpha value is -13.0. The Bertz CT molecular complexity index is 5420. The van der Waals surface area contributed by atoms with Gasteiger partial charge in [-0.05, 0) is 136 Å². The fraction of sp³-hybridized carbons (Fsp3) is 0.514. The van der Waals surface area contributed by atoms with Crippen molar-refractivity contribution < 1.29 is 114 Å². The molecule has 4 saturated heterocycles. The monoisotopic (exact) mass is 2060 g/mol. The van der Waals surface area contributed by atoms with Gasteiger partial charge in [-0.2, -0.15) is 0 Å². The summed E-state index contributed by atoms with van der Waals surface area (Å²) in [6.07, 6.45) is 11.5. The zero-order chi connectivity index (χ0) is 105. The van der Waals surface area contributed by atoms with Gasteiger partial charge < -0.3 is 98.0 Å². The van der Waals surface area contributed by atoms with E-state index in [1.807, 2.05) is 50.5 Å². The molecule has 790 valence electrons. The molecule has 0 bridgehead atoms. The maximum Gasteiger partial charge on any atom is 0.266 e. The zero-order valence-corrected chi connectivity index (χ0v) is 86.8. The largest absolute Gasteiger partial charge is 0.493 e. The van der Waals surface area contributed by atoms with Gasteiger partial charge in [-0.3, -0.25) is 77.1 Å². The molecule has 0 spiro atoms. The summed E-state index contributed by atoms with van der Waals surface area (Å²) in [5, 5.41) is 16.2. The Morgan fingerprint density at radius 1 is 0.401 bits per heavy atom. The summed E-state index contributed by atoms with van der Waals surface area (Å²) in [5.74, 6) is -4.09. The molecule has 9 heterocycles. The molecule has 12 amide bonds. The number of aryl methyl sites for hydroxylation is 2. The smallest absolute Gasteiger partial charge is 0.266 e. The van der Waals surface area contributed by atoms with Gasteiger partial charge in [0.25, 0.3) is 35.4 Å². The number of amides is 12. The first kappa shape index (κ1) is 111. The van der Waals surface area contributed by atoms with Crippen molar-refractivity contribution in [2.75, 3.05) is 174 Å². The van der Waals surface area contributed by atoms with Gasteiger partial charge in [0.2, 0.25) is 35.4 Å². The summed E-state index contributed by atoms with van der Waals surface area (Å²) in [7, 11) is 2.95. The van der Waals surface area contributed by atoms with Crippen molar-refractivity contribution in [3.63, 3.8) is 0 Å². The van der Waals surface area contributed by atoms with E-state index < -0.39 is 72.4 Å². The second-order valence-corrected chi connectivity index (χ2v) is 40.5. The number of rotatable bonds is 52. The first-order valence-corrected chi connectivity index (χ1v) is 52.4. The Morgan fingerprint density at radius 2 is 0.762 bits per heavy atom. The number of aliphatic imine (C=N–C) groups is 2. The molecular weight excluding hydrogens is 1930 g/mol. The summed E-state index contributed by atoms with van der Waals surface area (Å²) in [6, 6.07) is 11.0. The maximum absolute atomic E-state index is 14.5. The molecule has 40 heteroatoms. The van der Waals surface area contributed by atoms with Gasteiger partial charge in [-0.1, -0.05) is 76.3 Å². The number of anilines is 2. The number of hydrazine groups is 1. The van der Waals surface area contributed by atoms with Crippen LogP contribution in [0.15, 0.2) is 130 Å². The summed E-state index contributed by atoms with van der Waals surface area (Å²) in [4.78, 5) is 213. The van der Waals surface area contributed by atoms with E-state index in [0.717, 1.165) is 56.3 Å². The third kappa shape index (κ3) is 29.7. The highest BCUT2D eigenvalue weighted by Crippen LogP contribution is 2.45. The number of ketones is 2. The molecule has 0 aromatic heterocycles. The number of hydrogen-bond acceptors (Lipinski definition) is 28. The molecule has 0 unspecified atom stereocenters. The van der Waals surface area contributed by atoms with Crippen LogP contribution in [0.2, 0.25) is 0 Å².